The highest BCUT2D eigenvalue weighted by Crippen LogP contribution is 2.36. The van der Waals surface area contributed by atoms with Crippen molar-refractivity contribution >= 4 is 23.2 Å². The monoisotopic (exact) mass is 399 g/mol. The molecule has 0 aliphatic rings. The minimum absolute atomic E-state index is 0.0237. The third kappa shape index (κ3) is 5.63. The van der Waals surface area contributed by atoms with Crippen LogP contribution in [0.2, 0.25) is 5.02 Å². The molecule has 0 saturated heterocycles. The summed E-state index contributed by atoms with van der Waals surface area (Å²) in [5.41, 5.74) is -0.298. The molecule has 2 rings (SSSR count). The van der Waals surface area contributed by atoms with Gasteiger partial charge < -0.3 is 10.1 Å². The molecule has 0 spiro atoms. The molecule has 2 aromatic carbocycles. The summed E-state index contributed by atoms with van der Waals surface area (Å²) in [4.78, 5) is 12.3. The fourth-order valence-electron chi connectivity index (χ4n) is 2.39. The molecule has 7 heteroatoms. The summed E-state index contributed by atoms with van der Waals surface area (Å²) in [5.74, 6) is -0.236. The van der Waals surface area contributed by atoms with Crippen LogP contribution in [0.1, 0.15) is 38.8 Å². The lowest BCUT2D eigenvalue weighted by molar-refractivity contribution is -0.137. The smallest absolute Gasteiger partial charge is 0.418 e. The van der Waals surface area contributed by atoms with Crippen LogP contribution in [0.25, 0.3) is 0 Å². The van der Waals surface area contributed by atoms with Crippen LogP contribution < -0.4 is 10.1 Å². The van der Waals surface area contributed by atoms with E-state index in [9.17, 15) is 18.0 Å². The van der Waals surface area contributed by atoms with Gasteiger partial charge >= 0.3 is 6.18 Å². The van der Waals surface area contributed by atoms with Gasteiger partial charge in [-0.15, -0.1) is 0 Å². The van der Waals surface area contributed by atoms with Gasteiger partial charge in [0.1, 0.15) is 5.75 Å². The van der Waals surface area contributed by atoms with Crippen molar-refractivity contribution in [2.45, 2.75) is 45.4 Å². The van der Waals surface area contributed by atoms with E-state index in [2.05, 4.69) is 26.1 Å². The fraction of sp³-hybridized carbons (Fsp3) is 0.350. The summed E-state index contributed by atoms with van der Waals surface area (Å²) < 4.78 is 44.9. The Morgan fingerprint density at radius 3 is 2.19 bits per heavy atom. The van der Waals surface area contributed by atoms with Gasteiger partial charge in [-0.3, -0.25) is 4.79 Å². The van der Waals surface area contributed by atoms with Crippen molar-refractivity contribution in [3.63, 3.8) is 0 Å². The van der Waals surface area contributed by atoms with Crippen LogP contribution in [0.15, 0.2) is 42.5 Å². The molecule has 146 valence electrons. The lowest BCUT2D eigenvalue weighted by Crippen LogP contribution is -2.31. The van der Waals surface area contributed by atoms with Crippen molar-refractivity contribution in [1.29, 1.82) is 0 Å². The third-order valence-corrected chi connectivity index (χ3v) is 4.18. The third-order valence-electron chi connectivity index (χ3n) is 3.95. The zero-order valence-corrected chi connectivity index (χ0v) is 16.2. The van der Waals surface area contributed by atoms with E-state index in [1.165, 1.54) is 13.0 Å². The molecule has 1 amide bonds. The van der Waals surface area contributed by atoms with Crippen molar-refractivity contribution in [1.82, 2.24) is 0 Å². The number of nitrogens with one attached hydrogen (secondary N) is 1. The molecule has 0 aliphatic heterocycles. The Hall–Kier alpha value is -2.21. The van der Waals surface area contributed by atoms with Crippen molar-refractivity contribution < 1.29 is 22.7 Å². The Bertz CT molecular complexity index is 811. The summed E-state index contributed by atoms with van der Waals surface area (Å²) in [6, 6.07) is 10.4. The summed E-state index contributed by atoms with van der Waals surface area (Å²) in [5, 5.41) is 2.19. The Morgan fingerprint density at radius 2 is 1.67 bits per heavy atom. The largest absolute Gasteiger partial charge is 0.481 e. The van der Waals surface area contributed by atoms with Gasteiger partial charge in [-0.05, 0) is 48.2 Å². The number of halogens is 4. The van der Waals surface area contributed by atoms with Crippen LogP contribution in [0, 0.1) is 0 Å². The topological polar surface area (TPSA) is 38.3 Å². The maximum atomic E-state index is 13.1. The maximum absolute atomic E-state index is 13.1. The van der Waals surface area contributed by atoms with Crippen LogP contribution in [-0.2, 0) is 16.4 Å². The van der Waals surface area contributed by atoms with Crippen LogP contribution in [0.5, 0.6) is 5.75 Å². The van der Waals surface area contributed by atoms with Gasteiger partial charge in [0.05, 0.1) is 11.3 Å². The second-order valence-electron chi connectivity index (χ2n) is 7.21. The average molecular weight is 400 g/mol. The summed E-state index contributed by atoms with van der Waals surface area (Å²) >= 11 is 5.64. The van der Waals surface area contributed by atoms with E-state index in [0.717, 1.165) is 17.7 Å². The second-order valence-corrected chi connectivity index (χ2v) is 7.65. The number of amides is 1. The van der Waals surface area contributed by atoms with Gasteiger partial charge in [0, 0.05) is 5.02 Å². The first-order chi connectivity index (χ1) is 12.4. The number of hydrogen-bond acceptors (Lipinski definition) is 2. The molecule has 3 nitrogen and oxygen atoms in total. The molecule has 27 heavy (non-hydrogen) atoms. The van der Waals surface area contributed by atoms with Crippen LogP contribution in [-0.4, -0.2) is 12.0 Å². The number of carbonyl (C=O) groups excluding carboxylic acids is 1. The van der Waals surface area contributed by atoms with Gasteiger partial charge in [-0.1, -0.05) is 44.5 Å². The molecule has 0 aliphatic carbocycles. The van der Waals surface area contributed by atoms with Crippen LogP contribution in [0.3, 0.4) is 0 Å². The highest BCUT2D eigenvalue weighted by atomic mass is 35.5. The molecule has 0 unspecified atom stereocenters. The van der Waals surface area contributed by atoms with E-state index in [1.807, 2.05) is 12.1 Å². The van der Waals surface area contributed by atoms with Gasteiger partial charge in [-0.2, -0.15) is 13.2 Å². The predicted octanol–water partition coefficient (Wildman–Crippen LogP) is 6.06. The van der Waals surface area contributed by atoms with Crippen molar-refractivity contribution in [3.8, 4) is 5.75 Å². The standard InChI is InChI=1S/C20H21ClF3NO2/c1-12(27-15-8-5-13(6-9-15)19(2,3)4)18(26)25-17-10-7-14(21)11-16(17)20(22,23)24/h5-12H,1-4H3,(H,25,26)/t12-/m0/s1. The minimum atomic E-state index is -4.64. The quantitative estimate of drug-likeness (QED) is 0.678. The summed E-state index contributed by atoms with van der Waals surface area (Å²) in [6.07, 6.45) is -5.62. The maximum Gasteiger partial charge on any atom is 0.418 e. The molecule has 0 fully saturated rings. The Morgan fingerprint density at radius 1 is 1.07 bits per heavy atom. The van der Waals surface area contributed by atoms with Crippen molar-refractivity contribution in [2.24, 2.45) is 0 Å². The van der Waals surface area contributed by atoms with Gasteiger partial charge in [0.25, 0.3) is 5.91 Å². The van der Waals surface area contributed by atoms with Gasteiger partial charge in [0.2, 0.25) is 0 Å². The minimum Gasteiger partial charge on any atom is -0.481 e. The van der Waals surface area contributed by atoms with Crippen molar-refractivity contribution in [2.75, 3.05) is 5.32 Å². The number of benzene rings is 2. The number of hydrogen-bond donors (Lipinski definition) is 1. The van der Waals surface area contributed by atoms with E-state index in [-0.39, 0.29) is 16.1 Å². The normalized spacial score (nSPS) is 13.2. The van der Waals surface area contributed by atoms with Crippen molar-refractivity contribution in [3.05, 3.63) is 58.6 Å². The lowest BCUT2D eigenvalue weighted by atomic mass is 9.87. The second kappa shape index (κ2) is 7.80. The van der Waals surface area contributed by atoms with Crippen LogP contribution in [0.4, 0.5) is 18.9 Å². The number of alkyl halides is 3. The van der Waals surface area contributed by atoms with Gasteiger partial charge in [-0.25, -0.2) is 0 Å². The van der Waals surface area contributed by atoms with E-state index in [1.54, 1.807) is 12.1 Å². The Kier molecular flexibility index (Phi) is 6.10. The molecule has 0 saturated carbocycles. The highest BCUT2D eigenvalue weighted by molar-refractivity contribution is 6.30. The average Bonchev–Trinajstić information content (AvgIpc) is 2.55. The SMILES string of the molecule is C[C@H](Oc1ccc(C(C)(C)C)cc1)C(=O)Nc1ccc(Cl)cc1C(F)(F)F. The molecule has 0 bridgehead atoms. The molecule has 0 heterocycles. The van der Waals surface area contributed by atoms with E-state index in [0.29, 0.717) is 5.75 Å². The number of carbonyl (C=O) groups is 1. The fourth-order valence-corrected chi connectivity index (χ4v) is 2.56. The Balaban J connectivity index is 2.11. The summed E-state index contributed by atoms with van der Waals surface area (Å²) in [7, 11) is 0. The lowest BCUT2D eigenvalue weighted by Gasteiger charge is -2.20. The van der Waals surface area contributed by atoms with E-state index in [4.69, 9.17) is 16.3 Å². The first-order valence-corrected chi connectivity index (χ1v) is 8.70. The molecule has 1 N–H and O–H groups in total. The van der Waals surface area contributed by atoms with E-state index >= 15 is 0 Å². The van der Waals surface area contributed by atoms with Gasteiger partial charge in [0.15, 0.2) is 6.10 Å². The number of ether oxygens (including phenoxy) is 1. The molecular formula is C20H21ClF3NO2. The zero-order valence-electron chi connectivity index (χ0n) is 15.4. The Labute approximate surface area is 161 Å². The highest BCUT2D eigenvalue weighted by Gasteiger charge is 2.34. The molecular weight excluding hydrogens is 379 g/mol. The molecule has 0 aromatic heterocycles. The number of anilines is 1. The predicted molar refractivity (Wildman–Crippen MR) is 100 cm³/mol. The number of rotatable bonds is 4. The first kappa shape index (κ1) is 21.1. The summed E-state index contributed by atoms with van der Waals surface area (Å²) in [6.45, 7) is 7.69. The van der Waals surface area contributed by atoms with E-state index < -0.39 is 23.8 Å². The zero-order chi connectivity index (χ0) is 20.4. The van der Waals surface area contributed by atoms with Crippen LogP contribution >= 0.6 is 11.6 Å². The first-order valence-electron chi connectivity index (χ1n) is 8.33. The molecule has 1 atom stereocenters. The molecule has 2 aromatic rings. The molecule has 0 radical (unpaired) electrons.